The predicted molar refractivity (Wildman–Crippen MR) is 48.7 cm³/mol. The quantitative estimate of drug-likeness (QED) is 0.664. The van der Waals surface area contributed by atoms with Crippen LogP contribution in [0.25, 0.3) is 0 Å². The second-order valence-electron chi connectivity index (χ2n) is 2.24. The Bertz CT molecular complexity index is 184. The molecule has 0 bridgehead atoms. The first-order valence-electron chi connectivity index (χ1n) is 3.97. The van der Waals surface area contributed by atoms with Gasteiger partial charge in [-0.15, -0.1) is 0 Å². The van der Waals surface area contributed by atoms with Crippen molar-refractivity contribution in [3.8, 4) is 0 Å². The molecule has 0 spiro atoms. The molecule has 70 valence electrons. The molecule has 4 heteroatoms. The standard InChI is InChI=1S/C5H7N3O.C3H8.H2/c9-8-4-5-3-6-1-2-7-5;1-3-2;/h1-3,8-9H,4H2;3H2,1-2H3;1H. The zero-order valence-corrected chi connectivity index (χ0v) is 7.49. The molecule has 1 aromatic heterocycles. The van der Waals surface area contributed by atoms with Gasteiger partial charge >= 0.3 is 0 Å². The lowest BCUT2D eigenvalue weighted by Gasteiger charge is -1.93. The lowest BCUT2D eigenvalue weighted by molar-refractivity contribution is 0.160. The summed E-state index contributed by atoms with van der Waals surface area (Å²) in [7, 11) is 0. The van der Waals surface area contributed by atoms with Gasteiger partial charge in [-0.3, -0.25) is 9.97 Å². The topological polar surface area (TPSA) is 58.0 Å². The number of hydrogen-bond donors (Lipinski definition) is 2. The van der Waals surface area contributed by atoms with Crippen molar-refractivity contribution in [2.75, 3.05) is 0 Å². The largest absolute Gasteiger partial charge is 0.316 e. The van der Waals surface area contributed by atoms with Gasteiger partial charge in [-0.1, -0.05) is 20.3 Å². The number of aromatic nitrogens is 2. The minimum atomic E-state index is 0. The van der Waals surface area contributed by atoms with Crippen molar-refractivity contribution in [3.63, 3.8) is 0 Å². The molecule has 0 aliphatic heterocycles. The number of nitrogens with one attached hydrogen (secondary N) is 1. The minimum absolute atomic E-state index is 0. The highest BCUT2D eigenvalue weighted by Crippen LogP contribution is 1.85. The first kappa shape index (κ1) is 11.0. The van der Waals surface area contributed by atoms with E-state index in [4.69, 9.17) is 5.21 Å². The van der Waals surface area contributed by atoms with Crippen LogP contribution in [0.2, 0.25) is 0 Å². The molecular weight excluding hydrogens is 154 g/mol. The van der Waals surface area contributed by atoms with Gasteiger partial charge in [0, 0.05) is 20.0 Å². The second kappa shape index (κ2) is 8.10. The number of hydroxylamine groups is 1. The van der Waals surface area contributed by atoms with Crippen molar-refractivity contribution in [1.82, 2.24) is 15.4 Å². The number of nitrogens with zero attached hydrogens (tertiary/aromatic N) is 2. The molecule has 4 nitrogen and oxygen atoms in total. The van der Waals surface area contributed by atoms with E-state index in [1.807, 2.05) is 5.48 Å². The fraction of sp³-hybridized carbons (Fsp3) is 0.500. The Hall–Kier alpha value is -1.00. The van der Waals surface area contributed by atoms with E-state index in [-0.39, 0.29) is 1.43 Å². The number of rotatable bonds is 2. The van der Waals surface area contributed by atoms with Crippen LogP contribution in [-0.2, 0) is 6.54 Å². The van der Waals surface area contributed by atoms with Crippen molar-refractivity contribution < 1.29 is 6.63 Å². The molecule has 0 unspecified atom stereocenters. The maximum atomic E-state index is 8.20. The van der Waals surface area contributed by atoms with E-state index < -0.39 is 0 Å². The molecule has 1 aromatic rings. The van der Waals surface area contributed by atoms with E-state index in [9.17, 15) is 0 Å². The molecule has 0 amide bonds. The molecule has 0 saturated heterocycles. The summed E-state index contributed by atoms with van der Waals surface area (Å²) in [5.41, 5.74) is 2.70. The van der Waals surface area contributed by atoms with Gasteiger partial charge in [-0.05, 0) is 0 Å². The van der Waals surface area contributed by atoms with Gasteiger partial charge in [-0.2, -0.15) is 5.48 Å². The highest BCUT2D eigenvalue weighted by atomic mass is 16.5. The lowest BCUT2D eigenvalue weighted by atomic mass is 10.5. The van der Waals surface area contributed by atoms with Gasteiger partial charge < -0.3 is 5.21 Å². The van der Waals surface area contributed by atoms with E-state index >= 15 is 0 Å². The van der Waals surface area contributed by atoms with E-state index in [0.29, 0.717) is 6.54 Å². The summed E-state index contributed by atoms with van der Waals surface area (Å²) in [5, 5.41) is 8.20. The summed E-state index contributed by atoms with van der Waals surface area (Å²) in [5.74, 6) is 0. The van der Waals surface area contributed by atoms with Gasteiger partial charge in [0.2, 0.25) is 0 Å². The molecule has 0 atom stereocenters. The van der Waals surface area contributed by atoms with Gasteiger partial charge in [-0.25, -0.2) is 0 Å². The summed E-state index contributed by atoms with van der Waals surface area (Å²) in [4.78, 5) is 7.67. The maximum Gasteiger partial charge on any atom is 0.0748 e. The van der Waals surface area contributed by atoms with E-state index in [2.05, 4.69) is 23.8 Å². The fourth-order valence-electron chi connectivity index (χ4n) is 0.502. The molecule has 0 aromatic carbocycles. The monoisotopic (exact) mass is 171 g/mol. The molecule has 2 N–H and O–H groups in total. The maximum absolute atomic E-state index is 8.20. The minimum Gasteiger partial charge on any atom is -0.316 e. The third-order valence-corrected chi connectivity index (χ3v) is 0.877. The third-order valence-electron chi connectivity index (χ3n) is 0.877. The molecule has 0 aliphatic rings. The van der Waals surface area contributed by atoms with Crippen molar-refractivity contribution in [1.29, 1.82) is 0 Å². The summed E-state index contributed by atoms with van der Waals surface area (Å²) < 4.78 is 0. The van der Waals surface area contributed by atoms with Crippen LogP contribution in [0.3, 0.4) is 0 Å². The second-order valence-corrected chi connectivity index (χ2v) is 2.24. The molecule has 1 rings (SSSR count). The molecular formula is C8H17N3O. The molecule has 0 saturated carbocycles. The first-order valence-corrected chi connectivity index (χ1v) is 3.97. The summed E-state index contributed by atoms with van der Waals surface area (Å²) in [6, 6.07) is 0. The average molecular weight is 171 g/mol. The van der Waals surface area contributed by atoms with Crippen LogP contribution < -0.4 is 5.48 Å². The number of hydrogen-bond acceptors (Lipinski definition) is 4. The van der Waals surface area contributed by atoms with Crippen LogP contribution in [0.15, 0.2) is 18.6 Å². The predicted octanol–water partition coefficient (Wildman–Crippen LogP) is 1.62. The van der Waals surface area contributed by atoms with Crippen molar-refractivity contribution in [2.24, 2.45) is 0 Å². The van der Waals surface area contributed by atoms with E-state index in [1.54, 1.807) is 18.6 Å². The highest BCUT2D eigenvalue weighted by Gasteiger charge is 1.87. The SMILES string of the molecule is CCC.ONCc1cnccn1.[HH]. The van der Waals surface area contributed by atoms with Crippen LogP contribution in [-0.4, -0.2) is 15.2 Å². The normalized spacial score (nSPS) is 8.58. The van der Waals surface area contributed by atoms with E-state index in [1.165, 1.54) is 6.42 Å². The Kier molecular flexibility index (Phi) is 7.42. The smallest absolute Gasteiger partial charge is 0.0748 e. The van der Waals surface area contributed by atoms with Crippen LogP contribution in [0, 0.1) is 0 Å². The Morgan fingerprint density at radius 2 is 2.17 bits per heavy atom. The third kappa shape index (κ3) is 5.76. The summed E-state index contributed by atoms with van der Waals surface area (Å²) >= 11 is 0. The highest BCUT2D eigenvalue weighted by molar-refractivity contribution is 4.92. The van der Waals surface area contributed by atoms with Crippen molar-refractivity contribution in [2.45, 2.75) is 26.8 Å². The summed E-state index contributed by atoms with van der Waals surface area (Å²) in [6.07, 6.45) is 6.00. The van der Waals surface area contributed by atoms with Gasteiger partial charge in [0.05, 0.1) is 12.2 Å². The van der Waals surface area contributed by atoms with E-state index in [0.717, 1.165) is 5.69 Å². The summed E-state index contributed by atoms with van der Waals surface area (Å²) in [6.45, 7) is 4.59. The van der Waals surface area contributed by atoms with Crippen LogP contribution in [0.1, 0.15) is 27.4 Å². The zero-order valence-electron chi connectivity index (χ0n) is 7.49. The van der Waals surface area contributed by atoms with Gasteiger partial charge in [0.15, 0.2) is 0 Å². The Morgan fingerprint density at radius 1 is 1.50 bits per heavy atom. The lowest BCUT2D eigenvalue weighted by Crippen LogP contribution is -2.07. The fourth-order valence-corrected chi connectivity index (χ4v) is 0.502. The average Bonchev–Trinajstić information content (AvgIpc) is 2.08. The van der Waals surface area contributed by atoms with Crippen LogP contribution in [0.5, 0.6) is 0 Å². The van der Waals surface area contributed by atoms with Crippen LogP contribution >= 0.6 is 0 Å². The van der Waals surface area contributed by atoms with Crippen LogP contribution in [0.4, 0.5) is 0 Å². The molecule has 12 heavy (non-hydrogen) atoms. The molecule has 0 radical (unpaired) electrons. The Morgan fingerprint density at radius 3 is 2.58 bits per heavy atom. The van der Waals surface area contributed by atoms with Crippen molar-refractivity contribution >= 4 is 0 Å². The Balaban J connectivity index is 0. The van der Waals surface area contributed by atoms with Gasteiger partial charge in [0.25, 0.3) is 0 Å². The molecule has 0 fully saturated rings. The first-order chi connectivity index (χ1) is 5.85. The molecule has 0 aliphatic carbocycles. The Labute approximate surface area is 74.1 Å². The van der Waals surface area contributed by atoms with Gasteiger partial charge in [0.1, 0.15) is 0 Å². The zero-order chi connectivity index (χ0) is 9.23. The molecule has 1 heterocycles. The van der Waals surface area contributed by atoms with Crippen molar-refractivity contribution in [3.05, 3.63) is 24.3 Å².